The zero-order chi connectivity index (χ0) is 22.4. The summed E-state index contributed by atoms with van der Waals surface area (Å²) in [6, 6.07) is 14.1. The average Bonchev–Trinajstić information content (AvgIpc) is 2.77. The normalized spacial score (nSPS) is 11.9. The fraction of sp³-hybridized carbons (Fsp3) is 0.217. The van der Waals surface area contributed by atoms with E-state index in [0.29, 0.717) is 17.0 Å². The van der Waals surface area contributed by atoms with Crippen LogP contribution in [-0.2, 0) is 10.5 Å². The van der Waals surface area contributed by atoms with E-state index >= 15 is 0 Å². The molecule has 2 aromatic carbocycles. The largest absolute Gasteiger partial charge is 0.322 e. The second-order valence-electron chi connectivity index (χ2n) is 6.71. The van der Waals surface area contributed by atoms with Crippen LogP contribution in [0.5, 0.6) is 0 Å². The van der Waals surface area contributed by atoms with Crippen LogP contribution in [0.15, 0.2) is 64.5 Å². The monoisotopic (exact) mass is 476 g/mol. The van der Waals surface area contributed by atoms with E-state index in [9.17, 15) is 13.6 Å². The van der Waals surface area contributed by atoms with Gasteiger partial charge in [0, 0.05) is 16.3 Å². The zero-order valence-corrected chi connectivity index (χ0v) is 19.8. The van der Waals surface area contributed by atoms with Gasteiger partial charge in [-0.05, 0) is 60.9 Å². The van der Waals surface area contributed by atoms with Crippen LogP contribution in [0.3, 0.4) is 0 Å². The van der Waals surface area contributed by atoms with Crippen molar-refractivity contribution in [2.45, 2.75) is 27.8 Å². The molecule has 0 aliphatic heterocycles. The topological polar surface area (TPSA) is 42.0 Å². The maximum atomic E-state index is 13.5. The number of thioether (sulfide) groups is 3. The number of nitrogens with zero attached hydrogens (tertiary/aromatic N) is 1. The molecule has 162 valence electrons. The number of carbonyl (C=O) groups excluding carboxylic acids is 1. The van der Waals surface area contributed by atoms with Crippen LogP contribution in [0.4, 0.5) is 14.5 Å². The van der Waals surface area contributed by atoms with E-state index in [0.717, 1.165) is 21.2 Å². The molecular weight excluding hydrogens is 454 g/mol. The summed E-state index contributed by atoms with van der Waals surface area (Å²) >= 11 is 4.42. The molecule has 1 heterocycles. The molecule has 3 nitrogen and oxygen atoms in total. The molecule has 0 aliphatic rings. The molecule has 0 aliphatic carbocycles. The molecule has 3 aromatic rings. The summed E-state index contributed by atoms with van der Waals surface area (Å²) in [5.74, 6) is -0.367. The Morgan fingerprint density at radius 3 is 2.19 bits per heavy atom. The first kappa shape index (κ1) is 23.6. The van der Waals surface area contributed by atoms with E-state index in [1.807, 2.05) is 25.5 Å². The van der Waals surface area contributed by atoms with Gasteiger partial charge in [-0.3, -0.25) is 4.79 Å². The number of anilines is 1. The van der Waals surface area contributed by atoms with Crippen LogP contribution < -0.4 is 5.32 Å². The number of hydrogen-bond acceptors (Lipinski definition) is 5. The fourth-order valence-corrected chi connectivity index (χ4v) is 5.37. The van der Waals surface area contributed by atoms with Gasteiger partial charge in [-0.15, -0.1) is 35.3 Å². The van der Waals surface area contributed by atoms with Crippen molar-refractivity contribution in [1.29, 1.82) is 0 Å². The van der Waals surface area contributed by atoms with Crippen molar-refractivity contribution < 1.29 is 13.6 Å². The van der Waals surface area contributed by atoms with Crippen LogP contribution >= 0.6 is 35.3 Å². The number of halogens is 2. The van der Waals surface area contributed by atoms with Crippen LogP contribution in [-0.4, -0.2) is 23.4 Å². The number of hydrogen-bond donors (Lipinski definition) is 1. The van der Waals surface area contributed by atoms with Gasteiger partial charge < -0.3 is 5.32 Å². The Morgan fingerprint density at radius 2 is 1.61 bits per heavy atom. The molecule has 1 amide bonds. The second kappa shape index (κ2) is 11.0. The van der Waals surface area contributed by atoms with Crippen molar-refractivity contribution in [1.82, 2.24) is 4.98 Å². The molecule has 0 saturated carbocycles. The summed E-state index contributed by atoms with van der Waals surface area (Å²) in [6.07, 6.45) is 3.87. The van der Waals surface area contributed by atoms with Gasteiger partial charge in [-0.25, -0.2) is 13.8 Å². The molecule has 0 radical (unpaired) electrons. The molecular formula is C23H22F2N2OS3. The van der Waals surface area contributed by atoms with Crippen molar-refractivity contribution in [3.05, 3.63) is 83.1 Å². The number of carbonyl (C=O) groups is 1. The molecule has 0 bridgehead atoms. The first-order valence-corrected chi connectivity index (χ1v) is 12.9. The Morgan fingerprint density at radius 1 is 1.00 bits per heavy atom. The standard InChI is InChI=1S/C23H22F2N2OS3/c1-14-12-19(29-2)20(23(26-14)30-3)27-22(28)21(16-6-10-18(25)11-7-16)31-13-15-4-8-17(24)9-5-15/h4-12,21H,13H2,1-3H3,(H,27,28). The average molecular weight is 477 g/mol. The van der Waals surface area contributed by atoms with E-state index < -0.39 is 5.25 Å². The number of aromatic nitrogens is 1. The summed E-state index contributed by atoms with van der Waals surface area (Å²) in [5.41, 5.74) is 3.16. The zero-order valence-electron chi connectivity index (χ0n) is 17.3. The van der Waals surface area contributed by atoms with Gasteiger partial charge in [0.15, 0.2) is 0 Å². The van der Waals surface area contributed by atoms with Crippen molar-refractivity contribution in [3.63, 3.8) is 0 Å². The van der Waals surface area contributed by atoms with Crippen molar-refractivity contribution in [2.24, 2.45) is 0 Å². The second-order valence-corrected chi connectivity index (χ2v) is 9.44. The van der Waals surface area contributed by atoms with E-state index in [-0.39, 0.29) is 17.5 Å². The molecule has 3 rings (SSSR count). The van der Waals surface area contributed by atoms with Gasteiger partial charge in [-0.1, -0.05) is 24.3 Å². The molecule has 1 N–H and O–H groups in total. The van der Waals surface area contributed by atoms with E-state index in [2.05, 4.69) is 10.3 Å². The molecule has 0 spiro atoms. The molecule has 0 fully saturated rings. The van der Waals surface area contributed by atoms with Crippen LogP contribution in [0.25, 0.3) is 0 Å². The van der Waals surface area contributed by atoms with Crippen LogP contribution in [0.1, 0.15) is 22.1 Å². The van der Waals surface area contributed by atoms with Crippen molar-refractivity contribution in [2.75, 3.05) is 17.8 Å². The number of pyridine rings is 1. The third-order valence-electron chi connectivity index (χ3n) is 4.48. The number of amides is 1. The Kier molecular flexibility index (Phi) is 8.40. The summed E-state index contributed by atoms with van der Waals surface area (Å²) in [7, 11) is 0. The highest BCUT2D eigenvalue weighted by Gasteiger charge is 2.24. The molecule has 31 heavy (non-hydrogen) atoms. The predicted octanol–water partition coefficient (Wildman–Crippen LogP) is 6.73. The minimum Gasteiger partial charge on any atom is -0.322 e. The third-order valence-corrected chi connectivity index (χ3v) is 7.24. The van der Waals surface area contributed by atoms with E-state index in [1.54, 1.807) is 36.0 Å². The fourth-order valence-electron chi connectivity index (χ4n) is 2.95. The van der Waals surface area contributed by atoms with Gasteiger partial charge in [0.1, 0.15) is 21.9 Å². The Labute approximate surface area is 193 Å². The Hall–Kier alpha value is -2.03. The van der Waals surface area contributed by atoms with Crippen molar-refractivity contribution in [3.8, 4) is 0 Å². The summed E-state index contributed by atoms with van der Waals surface area (Å²) in [5, 5.41) is 3.23. The highest BCUT2D eigenvalue weighted by Crippen LogP contribution is 2.37. The lowest BCUT2D eigenvalue weighted by atomic mass is 10.1. The highest BCUT2D eigenvalue weighted by atomic mass is 32.2. The van der Waals surface area contributed by atoms with Crippen LogP contribution in [0.2, 0.25) is 0 Å². The van der Waals surface area contributed by atoms with Gasteiger partial charge in [-0.2, -0.15) is 0 Å². The Bertz CT molecular complexity index is 1020. The third kappa shape index (κ3) is 6.24. The van der Waals surface area contributed by atoms with Gasteiger partial charge in [0.25, 0.3) is 0 Å². The van der Waals surface area contributed by atoms with Crippen LogP contribution in [0, 0.1) is 18.6 Å². The quantitative estimate of drug-likeness (QED) is 0.365. The Balaban J connectivity index is 1.89. The molecule has 8 heteroatoms. The van der Waals surface area contributed by atoms with Gasteiger partial charge in [0.2, 0.25) is 5.91 Å². The number of rotatable bonds is 8. The predicted molar refractivity (Wildman–Crippen MR) is 128 cm³/mol. The van der Waals surface area contributed by atoms with E-state index in [1.165, 1.54) is 47.8 Å². The number of aryl methyl sites for hydroxylation is 1. The van der Waals surface area contributed by atoms with E-state index in [4.69, 9.17) is 0 Å². The molecule has 0 saturated heterocycles. The molecule has 1 unspecified atom stereocenters. The summed E-state index contributed by atoms with van der Waals surface area (Å²) in [6.45, 7) is 1.92. The van der Waals surface area contributed by atoms with Crippen molar-refractivity contribution >= 4 is 46.9 Å². The first-order chi connectivity index (χ1) is 14.9. The minimum atomic E-state index is -0.573. The lowest BCUT2D eigenvalue weighted by Crippen LogP contribution is -2.20. The molecule has 1 aromatic heterocycles. The summed E-state index contributed by atoms with van der Waals surface area (Å²) < 4.78 is 26.7. The number of benzene rings is 2. The smallest absolute Gasteiger partial charge is 0.242 e. The lowest BCUT2D eigenvalue weighted by Gasteiger charge is -2.20. The minimum absolute atomic E-state index is 0.213. The van der Waals surface area contributed by atoms with Gasteiger partial charge >= 0.3 is 0 Å². The van der Waals surface area contributed by atoms with Gasteiger partial charge in [0.05, 0.1) is 5.69 Å². The lowest BCUT2D eigenvalue weighted by molar-refractivity contribution is -0.115. The maximum absolute atomic E-state index is 13.5. The first-order valence-electron chi connectivity index (χ1n) is 9.43. The highest BCUT2D eigenvalue weighted by molar-refractivity contribution is 8.00. The SMILES string of the molecule is CSc1cc(C)nc(SC)c1NC(=O)C(SCc1ccc(F)cc1)c1ccc(F)cc1. The maximum Gasteiger partial charge on any atom is 0.242 e. The summed E-state index contributed by atoms with van der Waals surface area (Å²) in [4.78, 5) is 18.8. The number of nitrogens with one attached hydrogen (secondary N) is 1. The molecule has 1 atom stereocenters.